The van der Waals surface area contributed by atoms with E-state index < -0.39 is 0 Å². The Morgan fingerprint density at radius 2 is 1.97 bits per heavy atom. The number of benzene rings is 1. The van der Waals surface area contributed by atoms with Crippen molar-refractivity contribution in [1.82, 2.24) is 20.1 Å². The monoisotopic (exact) mass is 468 g/mol. The number of aromatic nitrogens is 3. The molecule has 0 radical (unpaired) electrons. The number of carbonyl (C=O) groups is 1. The first-order chi connectivity index (χ1) is 15.7. The van der Waals surface area contributed by atoms with Crippen molar-refractivity contribution in [2.75, 3.05) is 5.75 Å². The van der Waals surface area contributed by atoms with Gasteiger partial charge in [-0.3, -0.25) is 9.36 Å². The minimum absolute atomic E-state index is 0.0973. The van der Waals surface area contributed by atoms with Crippen LogP contribution >= 0.6 is 23.4 Å². The Balaban J connectivity index is 1.17. The van der Waals surface area contributed by atoms with Gasteiger partial charge in [-0.05, 0) is 61.4 Å². The maximum absolute atomic E-state index is 12.4. The first-order valence-corrected chi connectivity index (χ1v) is 11.7. The minimum atomic E-state index is -0.0973. The summed E-state index contributed by atoms with van der Waals surface area (Å²) in [5.74, 6) is 3.83. The van der Waals surface area contributed by atoms with Gasteiger partial charge in [-0.15, -0.1) is 10.2 Å². The van der Waals surface area contributed by atoms with Crippen LogP contribution in [-0.2, 0) is 17.9 Å². The predicted molar refractivity (Wildman–Crippen MR) is 122 cm³/mol. The summed E-state index contributed by atoms with van der Waals surface area (Å²) in [5, 5.41) is 13.0. The molecule has 0 atom stereocenters. The third-order valence-corrected chi connectivity index (χ3v) is 6.38. The molecule has 0 saturated heterocycles. The summed E-state index contributed by atoms with van der Waals surface area (Å²) in [6.45, 7) is 0.884. The molecular weight excluding hydrogens is 448 g/mol. The van der Waals surface area contributed by atoms with Gasteiger partial charge in [0.05, 0.1) is 25.1 Å². The van der Waals surface area contributed by atoms with Crippen molar-refractivity contribution < 1.29 is 13.6 Å². The molecule has 7 nitrogen and oxygen atoms in total. The molecule has 4 aromatic rings. The van der Waals surface area contributed by atoms with Crippen molar-refractivity contribution in [1.29, 1.82) is 0 Å². The first kappa shape index (κ1) is 20.9. The summed E-state index contributed by atoms with van der Waals surface area (Å²) in [5.41, 5.74) is 0.935. The Morgan fingerprint density at radius 1 is 1.12 bits per heavy atom. The SMILES string of the molecule is O=C(CSc1nnc(C2CC2)n1Cc1ccco1)NCc1ccc(-c2ccc(Cl)cc2)o1. The molecule has 0 aliphatic heterocycles. The second-order valence-corrected chi connectivity index (χ2v) is 9.00. The number of furan rings is 2. The second kappa shape index (κ2) is 9.26. The maximum Gasteiger partial charge on any atom is 0.230 e. The van der Waals surface area contributed by atoms with Crippen LogP contribution in [0.2, 0.25) is 5.02 Å². The molecule has 1 aliphatic rings. The molecule has 1 aromatic carbocycles. The Kier molecular flexibility index (Phi) is 6.05. The molecule has 1 saturated carbocycles. The van der Waals surface area contributed by atoms with E-state index in [0.29, 0.717) is 29.8 Å². The lowest BCUT2D eigenvalue weighted by molar-refractivity contribution is -0.118. The number of hydrogen-bond donors (Lipinski definition) is 1. The van der Waals surface area contributed by atoms with E-state index in [-0.39, 0.29) is 11.7 Å². The fraction of sp³-hybridized carbons (Fsp3) is 0.261. The fourth-order valence-corrected chi connectivity index (χ4v) is 4.27. The van der Waals surface area contributed by atoms with Crippen LogP contribution in [0.4, 0.5) is 0 Å². The van der Waals surface area contributed by atoms with Gasteiger partial charge in [0.25, 0.3) is 0 Å². The average Bonchev–Trinajstić information content (AvgIpc) is 3.18. The van der Waals surface area contributed by atoms with E-state index in [1.165, 1.54) is 11.8 Å². The van der Waals surface area contributed by atoms with Crippen molar-refractivity contribution >= 4 is 29.3 Å². The molecule has 3 aromatic heterocycles. The molecule has 0 bridgehead atoms. The molecule has 1 N–H and O–H groups in total. The van der Waals surface area contributed by atoms with Crippen LogP contribution in [0.5, 0.6) is 0 Å². The van der Waals surface area contributed by atoms with E-state index >= 15 is 0 Å². The molecule has 3 heterocycles. The standard InChI is InChI=1S/C23H21ClN4O3S/c24-17-7-5-15(6-8-17)20-10-9-18(31-20)12-25-21(29)14-32-23-27-26-22(16-3-4-16)28(23)13-19-2-1-11-30-19/h1-2,5-11,16H,3-4,12-14H2,(H,25,29). The van der Waals surface area contributed by atoms with Crippen LogP contribution in [0.1, 0.15) is 36.1 Å². The molecule has 1 fully saturated rings. The van der Waals surface area contributed by atoms with Gasteiger partial charge in [0.15, 0.2) is 5.16 Å². The Bertz CT molecular complexity index is 1200. The zero-order valence-corrected chi connectivity index (χ0v) is 18.7. The molecular formula is C23H21ClN4O3S. The van der Waals surface area contributed by atoms with Crippen LogP contribution < -0.4 is 5.32 Å². The molecule has 0 unspecified atom stereocenters. The molecule has 1 aliphatic carbocycles. The highest BCUT2D eigenvalue weighted by atomic mass is 35.5. The normalized spacial score (nSPS) is 13.4. The Labute approximate surface area is 194 Å². The summed E-state index contributed by atoms with van der Waals surface area (Å²) < 4.78 is 13.4. The van der Waals surface area contributed by atoms with Gasteiger partial charge >= 0.3 is 0 Å². The summed E-state index contributed by atoms with van der Waals surface area (Å²) in [7, 11) is 0. The Morgan fingerprint density at radius 3 is 2.72 bits per heavy atom. The molecule has 164 valence electrons. The average molecular weight is 469 g/mol. The number of rotatable bonds is 9. The van der Waals surface area contributed by atoms with E-state index in [9.17, 15) is 4.79 Å². The second-order valence-electron chi connectivity index (χ2n) is 7.62. The quantitative estimate of drug-likeness (QED) is 0.343. The first-order valence-electron chi connectivity index (χ1n) is 10.4. The molecule has 32 heavy (non-hydrogen) atoms. The summed E-state index contributed by atoms with van der Waals surface area (Å²) >= 11 is 7.31. The van der Waals surface area contributed by atoms with Crippen LogP contribution in [0, 0.1) is 0 Å². The van der Waals surface area contributed by atoms with Crippen molar-refractivity contribution in [2.45, 2.75) is 37.0 Å². The van der Waals surface area contributed by atoms with Gasteiger partial charge in [0, 0.05) is 16.5 Å². The maximum atomic E-state index is 12.4. The number of nitrogens with one attached hydrogen (secondary N) is 1. The minimum Gasteiger partial charge on any atom is -0.467 e. The lowest BCUT2D eigenvalue weighted by Crippen LogP contribution is -2.24. The largest absolute Gasteiger partial charge is 0.467 e. The summed E-state index contributed by atoms with van der Waals surface area (Å²) in [6.07, 6.45) is 3.91. The Hall–Kier alpha value is -2.97. The topological polar surface area (TPSA) is 86.1 Å². The number of amides is 1. The molecule has 5 rings (SSSR count). The van der Waals surface area contributed by atoms with Crippen LogP contribution in [0.15, 0.2) is 68.8 Å². The lowest BCUT2D eigenvalue weighted by atomic mass is 10.2. The van der Waals surface area contributed by atoms with E-state index in [4.69, 9.17) is 20.4 Å². The molecule has 0 spiro atoms. The number of halogens is 1. The van der Waals surface area contributed by atoms with Gasteiger partial charge in [-0.25, -0.2) is 0 Å². The lowest BCUT2D eigenvalue weighted by Gasteiger charge is -2.08. The van der Waals surface area contributed by atoms with E-state index in [2.05, 4.69) is 20.1 Å². The number of hydrogen-bond acceptors (Lipinski definition) is 6. The predicted octanol–water partition coefficient (Wildman–Crippen LogP) is 5.12. The third-order valence-electron chi connectivity index (χ3n) is 5.16. The van der Waals surface area contributed by atoms with Crippen molar-refractivity contribution in [2.24, 2.45) is 0 Å². The van der Waals surface area contributed by atoms with Crippen LogP contribution in [0.25, 0.3) is 11.3 Å². The fourth-order valence-electron chi connectivity index (χ4n) is 3.37. The summed E-state index contributed by atoms with van der Waals surface area (Å²) in [4.78, 5) is 12.4. The smallest absolute Gasteiger partial charge is 0.230 e. The van der Waals surface area contributed by atoms with E-state index in [1.807, 2.05) is 48.5 Å². The van der Waals surface area contributed by atoms with Gasteiger partial charge in [-0.2, -0.15) is 0 Å². The van der Waals surface area contributed by atoms with Crippen molar-refractivity contribution in [3.63, 3.8) is 0 Å². The highest BCUT2D eigenvalue weighted by Gasteiger charge is 2.30. The summed E-state index contributed by atoms with van der Waals surface area (Å²) in [6, 6.07) is 15.0. The van der Waals surface area contributed by atoms with Crippen molar-refractivity contribution in [3.05, 3.63) is 77.2 Å². The van der Waals surface area contributed by atoms with Gasteiger partial charge in [0.1, 0.15) is 23.1 Å². The van der Waals surface area contributed by atoms with Gasteiger partial charge < -0.3 is 14.2 Å². The highest BCUT2D eigenvalue weighted by molar-refractivity contribution is 7.99. The third kappa shape index (κ3) is 4.92. The van der Waals surface area contributed by atoms with Gasteiger partial charge in [0.2, 0.25) is 5.91 Å². The van der Waals surface area contributed by atoms with E-state index in [1.54, 1.807) is 6.26 Å². The van der Waals surface area contributed by atoms with Crippen molar-refractivity contribution in [3.8, 4) is 11.3 Å². The number of nitrogens with zero attached hydrogens (tertiary/aromatic N) is 3. The van der Waals surface area contributed by atoms with Crippen LogP contribution in [-0.4, -0.2) is 26.4 Å². The molecule has 1 amide bonds. The zero-order chi connectivity index (χ0) is 21.9. The van der Waals surface area contributed by atoms with Gasteiger partial charge in [-0.1, -0.05) is 23.4 Å². The highest BCUT2D eigenvalue weighted by Crippen LogP contribution is 2.40. The number of thioether (sulfide) groups is 1. The zero-order valence-electron chi connectivity index (χ0n) is 17.2. The molecule has 9 heteroatoms. The van der Waals surface area contributed by atoms with Crippen LogP contribution in [0.3, 0.4) is 0 Å². The number of carbonyl (C=O) groups excluding carboxylic acids is 1. The van der Waals surface area contributed by atoms with E-state index in [0.717, 1.165) is 40.9 Å².